The molecule has 2 aromatic heterocycles. The summed E-state index contributed by atoms with van der Waals surface area (Å²) < 4.78 is 13.1. The van der Waals surface area contributed by atoms with Crippen molar-refractivity contribution in [3.05, 3.63) is 60.3 Å². The van der Waals surface area contributed by atoms with Gasteiger partial charge in [-0.3, -0.25) is 0 Å². The van der Waals surface area contributed by atoms with E-state index >= 15 is 0 Å². The first-order chi connectivity index (χ1) is 13.6. The van der Waals surface area contributed by atoms with E-state index in [0.29, 0.717) is 17.3 Å². The number of nitrogens with zero attached hydrogens (tertiary/aromatic N) is 5. The lowest BCUT2D eigenvalue weighted by atomic mass is 10.2. The molecule has 8 heteroatoms. The van der Waals surface area contributed by atoms with Crippen LogP contribution in [-0.2, 0) is 0 Å². The third kappa shape index (κ3) is 3.66. The van der Waals surface area contributed by atoms with Crippen LogP contribution in [0.4, 0.5) is 33.2 Å². The molecule has 1 fully saturated rings. The van der Waals surface area contributed by atoms with Gasteiger partial charge in [0.2, 0.25) is 0 Å². The van der Waals surface area contributed by atoms with Crippen LogP contribution in [0.3, 0.4) is 0 Å². The van der Waals surface area contributed by atoms with E-state index < -0.39 is 0 Å². The Kier molecular flexibility index (Phi) is 4.92. The summed E-state index contributed by atoms with van der Waals surface area (Å²) in [6, 6.07) is 10.4. The van der Waals surface area contributed by atoms with Crippen LogP contribution in [0.5, 0.6) is 0 Å². The topological polar surface area (TPSA) is 83.2 Å². The quantitative estimate of drug-likeness (QED) is 0.721. The molecule has 0 bridgehead atoms. The molecule has 144 valence electrons. The standard InChI is InChI=1S/C20H22FN7/c1-14-3-2-8-23-18(14)26-19-17(22)20(25-13-24-19)28-11-9-27(10-12-28)16-6-4-15(21)5-7-16/h2-8,13H,9-12,22H2,1H3,(H,23,24,25,26). The second kappa shape index (κ2) is 7.67. The van der Waals surface area contributed by atoms with Crippen LogP contribution in [0.25, 0.3) is 0 Å². The molecule has 1 aliphatic heterocycles. The van der Waals surface area contributed by atoms with Crippen molar-refractivity contribution in [2.75, 3.05) is 47.0 Å². The molecule has 0 aliphatic carbocycles. The third-order valence-electron chi connectivity index (χ3n) is 4.88. The average molecular weight is 379 g/mol. The molecule has 7 nitrogen and oxygen atoms in total. The molecule has 4 rings (SSSR count). The highest BCUT2D eigenvalue weighted by Gasteiger charge is 2.21. The molecule has 1 aromatic carbocycles. The molecule has 28 heavy (non-hydrogen) atoms. The van der Waals surface area contributed by atoms with E-state index in [1.807, 2.05) is 19.1 Å². The normalized spacial score (nSPS) is 14.2. The minimum Gasteiger partial charge on any atom is -0.393 e. The third-order valence-corrected chi connectivity index (χ3v) is 4.88. The zero-order chi connectivity index (χ0) is 19.5. The van der Waals surface area contributed by atoms with Crippen LogP contribution in [0.2, 0.25) is 0 Å². The molecule has 3 heterocycles. The van der Waals surface area contributed by atoms with Crippen molar-refractivity contribution in [2.24, 2.45) is 0 Å². The maximum absolute atomic E-state index is 13.1. The average Bonchev–Trinajstić information content (AvgIpc) is 2.72. The van der Waals surface area contributed by atoms with Gasteiger partial charge in [-0.1, -0.05) is 6.07 Å². The van der Waals surface area contributed by atoms with Crippen LogP contribution in [0.1, 0.15) is 5.56 Å². The lowest BCUT2D eigenvalue weighted by Crippen LogP contribution is -2.47. The monoisotopic (exact) mass is 379 g/mol. The highest BCUT2D eigenvalue weighted by atomic mass is 19.1. The first-order valence-corrected chi connectivity index (χ1v) is 9.16. The van der Waals surface area contributed by atoms with Crippen molar-refractivity contribution in [3.8, 4) is 0 Å². The highest BCUT2D eigenvalue weighted by molar-refractivity contribution is 5.78. The largest absolute Gasteiger partial charge is 0.393 e. The predicted octanol–water partition coefficient (Wildman–Crippen LogP) is 2.97. The van der Waals surface area contributed by atoms with Gasteiger partial charge in [0, 0.05) is 38.1 Å². The van der Waals surface area contributed by atoms with Gasteiger partial charge in [-0.15, -0.1) is 0 Å². The molecule has 1 aliphatic rings. The number of nitrogen functional groups attached to an aromatic ring is 1. The number of hydrogen-bond donors (Lipinski definition) is 2. The van der Waals surface area contributed by atoms with Crippen molar-refractivity contribution in [1.29, 1.82) is 0 Å². The number of nitrogens with two attached hydrogens (primary N) is 1. The van der Waals surface area contributed by atoms with Gasteiger partial charge in [0.1, 0.15) is 23.6 Å². The molecule has 0 unspecified atom stereocenters. The van der Waals surface area contributed by atoms with Gasteiger partial charge in [0.25, 0.3) is 0 Å². The zero-order valence-corrected chi connectivity index (χ0v) is 15.6. The molecule has 3 N–H and O–H groups in total. The molecule has 3 aromatic rings. The minimum atomic E-state index is -0.223. The summed E-state index contributed by atoms with van der Waals surface area (Å²) in [7, 11) is 0. The Morgan fingerprint density at radius 3 is 2.36 bits per heavy atom. The van der Waals surface area contributed by atoms with Gasteiger partial charge in [0.15, 0.2) is 11.6 Å². The number of halogens is 1. The number of nitrogens with one attached hydrogen (secondary N) is 1. The molecule has 0 spiro atoms. The maximum Gasteiger partial charge on any atom is 0.160 e. The molecule has 0 saturated carbocycles. The lowest BCUT2D eigenvalue weighted by molar-refractivity contribution is 0.624. The van der Waals surface area contributed by atoms with Gasteiger partial charge in [-0.05, 0) is 42.8 Å². The van der Waals surface area contributed by atoms with Gasteiger partial charge in [0.05, 0.1) is 0 Å². The summed E-state index contributed by atoms with van der Waals surface area (Å²) in [5, 5.41) is 3.20. The van der Waals surface area contributed by atoms with Crippen LogP contribution >= 0.6 is 0 Å². The van der Waals surface area contributed by atoms with Gasteiger partial charge in [-0.25, -0.2) is 19.3 Å². The van der Waals surface area contributed by atoms with E-state index in [4.69, 9.17) is 5.73 Å². The number of benzene rings is 1. The van der Waals surface area contributed by atoms with E-state index in [1.165, 1.54) is 18.5 Å². The van der Waals surface area contributed by atoms with Crippen LogP contribution in [0, 0.1) is 12.7 Å². The van der Waals surface area contributed by atoms with Crippen LogP contribution in [0.15, 0.2) is 48.9 Å². The van der Waals surface area contributed by atoms with Crippen LogP contribution < -0.4 is 20.9 Å². The SMILES string of the molecule is Cc1cccnc1Nc1ncnc(N2CCN(c3ccc(F)cc3)CC2)c1N. The number of hydrogen-bond acceptors (Lipinski definition) is 7. The van der Waals surface area contributed by atoms with Crippen LogP contribution in [-0.4, -0.2) is 41.1 Å². The molecule has 1 saturated heterocycles. The lowest BCUT2D eigenvalue weighted by Gasteiger charge is -2.37. The van der Waals surface area contributed by atoms with E-state index in [1.54, 1.807) is 18.3 Å². The Bertz CT molecular complexity index is 953. The predicted molar refractivity (Wildman–Crippen MR) is 110 cm³/mol. The minimum absolute atomic E-state index is 0.223. The smallest absolute Gasteiger partial charge is 0.160 e. The summed E-state index contributed by atoms with van der Waals surface area (Å²) in [6.45, 7) is 5.11. The number of rotatable bonds is 4. The molecule has 0 amide bonds. The van der Waals surface area contributed by atoms with Crippen molar-refractivity contribution >= 4 is 28.8 Å². The number of piperazine rings is 1. The Labute approximate surface area is 163 Å². The van der Waals surface area contributed by atoms with Crippen molar-refractivity contribution < 1.29 is 4.39 Å². The number of aryl methyl sites for hydroxylation is 1. The molecular formula is C20H22FN7. The Balaban J connectivity index is 1.48. The molecular weight excluding hydrogens is 357 g/mol. The van der Waals surface area contributed by atoms with E-state index in [-0.39, 0.29) is 5.82 Å². The Morgan fingerprint density at radius 2 is 1.64 bits per heavy atom. The summed E-state index contributed by atoms with van der Waals surface area (Å²) >= 11 is 0. The highest BCUT2D eigenvalue weighted by Crippen LogP contribution is 2.30. The zero-order valence-electron chi connectivity index (χ0n) is 15.6. The first kappa shape index (κ1) is 18.0. The van der Waals surface area contributed by atoms with Crippen molar-refractivity contribution in [1.82, 2.24) is 15.0 Å². The fourth-order valence-corrected chi connectivity index (χ4v) is 3.29. The van der Waals surface area contributed by atoms with E-state index in [9.17, 15) is 4.39 Å². The van der Waals surface area contributed by atoms with E-state index in [0.717, 1.165) is 43.2 Å². The Hall–Kier alpha value is -3.42. The summed E-state index contributed by atoms with van der Waals surface area (Å²) in [6.07, 6.45) is 3.24. The first-order valence-electron chi connectivity index (χ1n) is 9.16. The number of pyridine rings is 1. The van der Waals surface area contributed by atoms with Gasteiger partial charge in [-0.2, -0.15) is 0 Å². The number of aromatic nitrogens is 3. The van der Waals surface area contributed by atoms with Crippen molar-refractivity contribution in [2.45, 2.75) is 6.92 Å². The molecule has 0 atom stereocenters. The summed E-state index contributed by atoms with van der Waals surface area (Å²) in [5.41, 5.74) is 8.89. The Morgan fingerprint density at radius 1 is 0.929 bits per heavy atom. The fourth-order valence-electron chi connectivity index (χ4n) is 3.29. The second-order valence-corrected chi connectivity index (χ2v) is 6.70. The number of anilines is 5. The van der Waals surface area contributed by atoms with E-state index in [2.05, 4.69) is 30.1 Å². The maximum atomic E-state index is 13.1. The second-order valence-electron chi connectivity index (χ2n) is 6.70. The van der Waals surface area contributed by atoms with Gasteiger partial charge < -0.3 is 20.9 Å². The summed E-state index contributed by atoms with van der Waals surface area (Å²) in [4.78, 5) is 17.4. The fraction of sp³-hybridized carbons (Fsp3) is 0.250. The molecule has 0 radical (unpaired) electrons. The van der Waals surface area contributed by atoms with Crippen molar-refractivity contribution in [3.63, 3.8) is 0 Å². The van der Waals surface area contributed by atoms with Gasteiger partial charge >= 0.3 is 0 Å². The summed E-state index contributed by atoms with van der Waals surface area (Å²) in [5.74, 6) is 1.76.